The summed E-state index contributed by atoms with van der Waals surface area (Å²) in [4.78, 5) is 27.9. The van der Waals surface area contributed by atoms with Crippen LogP contribution in [0.4, 0.5) is 4.79 Å². The summed E-state index contributed by atoms with van der Waals surface area (Å²) in [6, 6.07) is 39.3. The molecule has 4 atom stereocenters. The third kappa shape index (κ3) is 2.43. The highest BCUT2D eigenvalue weighted by Crippen LogP contribution is 2.70. The summed E-state index contributed by atoms with van der Waals surface area (Å²) < 4.78 is 11.8. The summed E-state index contributed by atoms with van der Waals surface area (Å²) in [5.74, 6) is -0.0207. The number of ether oxygens (including phenoxy) is 2. The second-order valence-corrected chi connectivity index (χ2v) is 9.49. The van der Waals surface area contributed by atoms with Crippen molar-refractivity contribution in [3.8, 4) is 0 Å². The lowest BCUT2D eigenvalue weighted by molar-refractivity contribution is -0.124. The third-order valence-corrected chi connectivity index (χ3v) is 7.91. The fourth-order valence-electron chi connectivity index (χ4n) is 6.70. The van der Waals surface area contributed by atoms with Gasteiger partial charge in [0.25, 0.3) is 0 Å². The minimum absolute atomic E-state index is 0.0207. The van der Waals surface area contributed by atoms with Gasteiger partial charge in [-0.1, -0.05) is 121 Å². The lowest BCUT2D eigenvalue weighted by Crippen LogP contribution is -2.45. The van der Waals surface area contributed by atoms with Crippen LogP contribution in [0.5, 0.6) is 0 Å². The van der Waals surface area contributed by atoms with Gasteiger partial charge in [-0.15, -0.1) is 0 Å². The third-order valence-electron chi connectivity index (χ3n) is 7.91. The molecule has 1 saturated carbocycles. The van der Waals surface area contributed by atoms with E-state index in [0.717, 1.165) is 33.4 Å². The maximum Gasteiger partial charge on any atom is 0.509 e. The molecular weight excluding hydrogens is 448 g/mol. The van der Waals surface area contributed by atoms with E-state index in [2.05, 4.69) is 0 Å². The maximum atomic E-state index is 15.2. The van der Waals surface area contributed by atoms with Crippen molar-refractivity contribution in [2.75, 3.05) is 0 Å². The molecule has 0 aromatic heterocycles. The van der Waals surface area contributed by atoms with E-state index in [1.165, 1.54) is 0 Å². The Kier molecular flexibility index (Phi) is 4.37. The molecule has 2 bridgehead atoms. The van der Waals surface area contributed by atoms with Gasteiger partial charge in [-0.25, -0.2) is 4.79 Å². The number of carbonyl (C=O) groups excluding carboxylic acids is 2. The van der Waals surface area contributed by atoms with E-state index in [1.54, 1.807) is 0 Å². The van der Waals surface area contributed by atoms with Crippen LogP contribution in [0.15, 0.2) is 121 Å². The number of Topliss-reactive ketones (excluding diaryl/α,β-unsaturated/α-hetero) is 1. The van der Waals surface area contributed by atoms with Crippen LogP contribution in [0.2, 0.25) is 0 Å². The molecule has 4 aromatic rings. The molecule has 1 heterocycles. The van der Waals surface area contributed by atoms with E-state index < -0.39 is 29.2 Å². The monoisotopic (exact) mass is 470 g/mol. The zero-order valence-electron chi connectivity index (χ0n) is 19.3. The zero-order chi connectivity index (χ0) is 24.3. The lowest BCUT2D eigenvalue weighted by atomic mass is 9.65. The Labute approximate surface area is 208 Å². The van der Waals surface area contributed by atoms with E-state index in [1.807, 2.05) is 121 Å². The molecule has 1 saturated heterocycles. The number of rotatable bonds is 4. The fraction of sp³-hybridized carbons (Fsp3) is 0.125. The van der Waals surface area contributed by atoms with Gasteiger partial charge < -0.3 is 9.47 Å². The molecule has 4 aromatic carbocycles. The van der Waals surface area contributed by atoms with Crippen molar-refractivity contribution >= 4 is 23.1 Å². The van der Waals surface area contributed by atoms with Gasteiger partial charge in [-0.05, 0) is 33.4 Å². The van der Waals surface area contributed by atoms with E-state index in [0.29, 0.717) is 0 Å². The maximum absolute atomic E-state index is 15.2. The highest BCUT2D eigenvalue weighted by atomic mass is 16.8. The van der Waals surface area contributed by atoms with Gasteiger partial charge >= 0.3 is 6.16 Å². The number of hydrogen-bond donors (Lipinski definition) is 0. The van der Waals surface area contributed by atoms with Gasteiger partial charge in [0, 0.05) is 0 Å². The van der Waals surface area contributed by atoms with Gasteiger partial charge in [-0.2, -0.15) is 0 Å². The van der Waals surface area contributed by atoms with Gasteiger partial charge in [0.05, 0.1) is 0 Å². The Morgan fingerprint density at radius 1 is 0.472 bits per heavy atom. The first-order chi connectivity index (χ1) is 17.7. The van der Waals surface area contributed by atoms with E-state index >= 15 is 4.79 Å². The zero-order valence-corrected chi connectivity index (χ0v) is 19.3. The molecule has 0 N–H and O–H groups in total. The molecule has 0 radical (unpaired) electrons. The SMILES string of the molecule is O=C1O[C@H]2[C@H](O1)[C@]1(c3ccccc3)C(=O)[C@]2(c2ccccc2)C(c2ccccc2)=C1c1ccccc1. The normalized spacial score (nSPS) is 28.1. The Morgan fingerprint density at radius 3 is 1.17 bits per heavy atom. The van der Waals surface area contributed by atoms with E-state index in [4.69, 9.17) is 9.47 Å². The van der Waals surface area contributed by atoms with Crippen molar-refractivity contribution in [3.05, 3.63) is 144 Å². The molecule has 36 heavy (non-hydrogen) atoms. The second kappa shape index (κ2) is 7.53. The number of ketones is 1. The average Bonchev–Trinajstić information content (AvgIpc) is 3.51. The molecule has 3 aliphatic rings. The summed E-state index contributed by atoms with van der Waals surface area (Å²) >= 11 is 0. The van der Waals surface area contributed by atoms with Crippen LogP contribution in [0.3, 0.4) is 0 Å². The second-order valence-electron chi connectivity index (χ2n) is 9.49. The lowest BCUT2D eigenvalue weighted by Gasteiger charge is -2.38. The summed E-state index contributed by atoms with van der Waals surface area (Å²) in [7, 11) is 0. The molecular formula is C32H22O4. The highest BCUT2D eigenvalue weighted by molar-refractivity contribution is 6.30. The molecule has 0 amide bonds. The van der Waals surface area contributed by atoms with Crippen molar-refractivity contribution in [2.24, 2.45) is 0 Å². The van der Waals surface area contributed by atoms with Gasteiger partial charge in [0.15, 0.2) is 18.0 Å². The molecule has 2 fully saturated rings. The Morgan fingerprint density at radius 2 is 0.806 bits per heavy atom. The van der Waals surface area contributed by atoms with Crippen molar-refractivity contribution in [2.45, 2.75) is 23.0 Å². The average molecular weight is 471 g/mol. The van der Waals surface area contributed by atoms with Crippen molar-refractivity contribution in [1.29, 1.82) is 0 Å². The largest absolute Gasteiger partial charge is 0.509 e. The predicted molar refractivity (Wildman–Crippen MR) is 136 cm³/mol. The van der Waals surface area contributed by atoms with Crippen LogP contribution in [-0.4, -0.2) is 24.1 Å². The topological polar surface area (TPSA) is 52.6 Å². The first-order valence-electron chi connectivity index (χ1n) is 12.1. The Hall–Kier alpha value is -4.44. The molecule has 4 heteroatoms. The molecule has 0 unspecified atom stereocenters. The number of benzene rings is 4. The molecule has 1 aliphatic heterocycles. The minimum Gasteiger partial charge on any atom is -0.425 e. The molecule has 7 rings (SSSR count). The summed E-state index contributed by atoms with van der Waals surface area (Å²) in [5, 5.41) is 0. The van der Waals surface area contributed by atoms with Gasteiger partial charge in [-0.3, -0.25) is 4.79 Å². The number of hydrogen-bond acceptors (Lipinski definition) is 4. The minimum atomic E-state index is -1.22. The number of carbonyl (C=O) groups is 2. The van der Waals surface area contributed by atoms with Crippen LogP contribution < -0.4 is 0 Å². The Bertz CT molecular complexity index is 1400. The van der Waals surface area contributed by atoms with Crippen LogP contribution >= 0.6 is 0 Å². The predicted octanol–water partition coefficient (Wildman–Crippen LogP) is 5.97. The molecule has 174 valence electrons. The summed E-state index contributed by atoms with van der Waals surface area (Å²) in [5.41, 5.74) is 2.74. The van der Waals surface area contributed by atoms with E-state index in [-0.39, 0.29) is 5.78 Å². The first-order valence-corrected chi connectivity index (χ1v) is 12.1. The summed E-state index contributed by atoms with van der Waals surface area (Å²) in [6.45, 7) is 0. The quantitative estimate of drug-likeness (QED) is 0.345. The molecule has 2 aliphatic carbocycles. The fourth-order valence-corrected chi connectivity index (χ4v) is 6.70. The van der Waals surface area contributed by atoms with Crippen LogP contribution in [0, 0.1) is 0 Å². The van der Waals surface area contributed by atoms with Crippen LogP contribution in [-0.2, 0) is 25.1 Å². The van der Waals surface area contributed by atoms with Crippen molar-refractivity contribution in [3.63, 3.8) is 0 Å². The first kappa shape index (κ1) is 20.9. The smallest absolute Gasteiger partial charge is 0.425 e. The van der Waals surface area contributed by atoms with E-state index in [9.17, 15) is 4.79 Å². The highest BCUT2D eigenvalue weighted by Gasteiger charge is 2.81. The molecule has 0 spiro atoms. The van der Waals surface area contributed by atoms with Crippen LogP contribution in [0.1, 0.15) is 22.3 Å². The van der Waals surface area contributed by atoms with Crippen LogP contribution in [0.25, 0.3) is 11.1 Å². The molecule has 4 nitrogen and oxygen atoms in total. The van der Waals surface area contributed by atoms with Crippen molar-refractivity contribution < 1.29 is 19.1 Å². The van der Waals surface area contributed by atoms with Gasteiger partial charge in [0.2, 0.25) is 0 Å². The summed E-state index contributed by atoms with van der Waals surface area (Å²) in [6.07, 6.45) is -2.31. The van der Waals surface area contributed by atoms with Crippen molar-refractivity contribution in [1.82, 2.24) is 0 Å². The Balaban J connectivity index is 1.70. The van der Waals surface area contributed by atoms with Gasteiger partial charge in [0.1, 0.15) is 10.8 Å². The standard InChI is InChI=1S/C32H22O4/c33-29-31(23-17-9-3-10-18-23)25(21-13-5-1-6-14-21)26(22-15-7-2-8-16-22)32(29,24-19-11-4-12-20-24)28-27(31)35-30(34)36-28/h1-20,27-28H/t27-,28-,31+,32+/m0/s1. The number of fused-ring (bicyclic) bond motifs is 5.